The van der Waals surface area contributed by atoms with Gasteiger partial charge in [-0.2, -0.15) is 0 Å². The maximum Gasteiger partial charge on any atom is 0.242 e. The number of carbonyl (C=O) groups is 1. The quantitative estimate of drug-likeness (QED) is 0.232. The van der Waals surface area contributed by atoms with Crippen LogP contribution in [0.4, 0.5) is 11.4 Å². The Morgan fingerprint density at radius 3 is 2.23 bits per heavy atom. The molecule has 1 amide bonds. The fourth-order valence-electron chi connectivity index (χ4n) is 4.86. The summed E-state index contributed by atoms with van der Waals surface area (Å²) in [4.78, 5) is 15.8. The molecule has 0 bridgehead atoms. The van der Waals surface area contributed by atoms with Crippen LogP contribution in [0.15, 0.2) is 94.7 Å². The molecule has 8 nitrogen and oxygen atoms in total. The van der Waals surface area contributed by atoms with Crippen molar-refractivity contribution in [3.8, 4) is 28.8 Å². The number of nitrogens with zero attached hydrogens (tertiary/aromatic N) is 4. The first-order chi connectivity index (χ1) is 19.2. The molecule has 6 rings (SSSR count). The highest BCUT2D eigenvalue weighted by molar-refractivity contribution is 7.99. The lowest BCUT2D eigenvalue weighted by atomic mass is 10.0. The molecule has 5 aromatic rings. The van der Waals surface area contributed by atoms with Gasteiger partial charge in [-0.15, -0.1) is 10.2 Å². The molecule has 0 spiro atoms. The first-order valence-electron chi connectivity index (χ1n) is 12.5. The number of hydrogen-bond acceptors (Lipinski definition) is 7. The van der Waals surface area contributed by atoms with E-state index in [2.05, 4.69) is 22.3 Å². The smallest absolute Gasteiger partial charge is 0.242 e. The minimum absolute atomic E-state index is 0.0477. The van der Waals surface area contributed by atoms with E-state index in [1.54, 1.807) is 26.5 Å². The number of ether oxygens (including phenoxy) is 2. The Balaban J connectivity index is 1.39. The summed E-state index contributed by atoms with van der Waals surface area (Å²) in [5.74, 6) is 2.38. The second-order valence-electron chi connectivity index (χ2n) is 8.93. The second kappa shape index (κ2) is 10.7. The Morgan fingerprint density at radius 1 is 0.872 bits per heavy atom. The molecule has 0 atom stereocenters. The zero-order chi connectivity index (χ0) is 26.8. The Morgan fingerprint density at radius 2 is 1.59 bits per heavy atom. The SMILES string of the molecule is COc1ccc(OC)c(-n2c(SCC(=O)N3c4ccccc4CCc4ccccc43)nnc2-c2ccco2)c1. The van der Waals surface area contributed by atoms with E-state index in [-0.39, 0.29) is 11.7 Å². The van der Waals surface area contributed by atoms with Crippen molar-refractivity contribution < 1.29 is 18.7 Å². The van der Waals surface area contributed by atoms with Crippen LogP contribution in [0.3, 0.4) is 0 Å². The molecule has 9 heteroatoms. The zero-order valence-corrected chi connectivity index (χ0v) is 22.4. The minimum atomic E-state index is -0.0477. The average Bonchev–Trinajstić information content (AvgIpc) is 3.62. The van der Waals surface area contributed by atoms with Crippen LogP contribution in [-0.4, -0.2) is 40.6 Å². The average molecular weight is 539 g/mol. The topological polar surface area (TPSA) is 82.6 Å². The van der Waals surface area contributed by atoms with Crippen molar-refractivity contribution in [2.75, 3.05) is 24.9 Å². The van der Waals surface area contributed by atoms with Gasteiger partial charge in [-0.05, 0) is 60.4 Å². The van der Waals surface area contributed by atoms with E-state index in [0.29, 0.717) is 33.9 Å². The monoisotopic (exact) mass is 538 g/mol. The van der Waals surface area contributed by atoms with Gasteiger partial charge in [0.05, 0.1) is 43.3 Å². The summed E-state index contributed by atoms with van der Waals surface area (Å²) in [7, 11) is 3.21. The van der Waals surface area contributed by atoms with Gasteiger partial charge in [0.15, 0.2) is 10.9 Å². The van der Waals surface area contributed by atoms with E-state index in [0.717, 1.165) is 35.3 Å². The molecule has 196 valence electrons. The largest absolute Gasteiger partial charge is 0.497 e. The summed E-state index contributed by atoms with van der Waals surface area (Å²) in [6, 6.07) is 25.3. The third-order valence-corrected chi connectivity index (χ3v) is 7.62. The summed E-state index contributed by atoms with van der Waals surface area (Å²) in [6.45, 7) is 0. The van der Waals surface area contributed by atoms with E-state index in [1.807, 2.05) is 70.1 Å². The van der Waals surface area contributed by atoms with Gasteiger partial charge >= 0.3 is 0 Å². The highest BCUT2D eigenvalue weighted by atomic mass is 32.2. The maximum atomic E-state index is 13.9. The molecule has 0 aliphatic carbocycles. The Bertz CT molecular complexity index is 1580. The number of thioether (sulfide) groups is 1. The van der Waals surface area contributed by atoms with Crippen LogP contribution < -0.4 is 14.4 Å². The first kappa shape index (κ1) is 24.8. The Labute approximate surface area is 230 Å². The number of rotatable bonds is 7. The van der Waals surface area contributed by atoms with Gasteiger partial charge in [-0.1, -0.05) is 48.2 Å². The second-order valence-corrected chi connectivity index (χ2v) is 9.87. The van der Waals surface area contributed by atoms with Crippen LogP contribution in [0.2, 0.25) is 0 Å². The maximum absolute atomic E-state index is 13.9. The number of aromatic nitrogens is 3. The number of anilines is 2. The fourth-order valence-corrected chi connectivity index (χ4v) is 5.65. The number of amides is 1. The van der Waals surface area contributed by atoms with Gasteiger partial charge in [-0.25, -0.2) is 0 Å². The van der Waals surface area contributed by atoms with Crippen LogP contribution in [0.5, 0.6) is 11.5 Å². The van der Waals surface area contributed by atoms with Crippen LogP contribution in [0.1, 0.15) is 11.1 Å². The van der Waals surface area contributed by atoms with E-state index in [4.69, 9.17) is 13.9 Å². The molecule has 0 radical (unpaired) electrons. The number of furan rings is 1. The van der Waals surface area contributed by atoms with E-state index in [9.17, 15) is 4.79 Å². The third-order valence-electron chi connectivity index (χ3n) is 6.70. The molecule has 1 aliphatic heterocycles. The summed E-state index contributed by atoms with van der Waals surface area (Å²) < 4.78 is 18.6. The Kier molecular flexibility index (Phi) is 6.81. The summed E-state index contributed by atoms with van der Waals surface area (Å²) >= 11 is 1.31. The highest BCUT2D eigenvalue weighted by Crippen LogP contribution is 2.38. The number of carbonyl (C=O) groups excluding carboxylic acids is 1. The van der Waals surface area contributed by atoms with Crippen molar-refractivity contribution in [1.29, 1.82) is 0 Å². The normalized spacial score (nSPS) is 12.4. The van der Waals surface area contributed by atoms with E-state index >= 15 is 0 Å². The summed E-state index contributed by atoms with van der Waals surface area (Å²) in [5.41, 5.74) is 4.81. The lowest BCUT2D eigenvalue weighted by Crippen LogP contribution is -2.28. The zero-order valence-electron chi connectivity index (χ0n) is 21.5. The van der Waals surface area contributed by atoms with Crippen molar-refractivity contribution in [2.45, 2.75) is 18.0 Å². The van der Waals surface area contributed by atoms with Crippen molar-refractivity contribution in [1.82, 2.24) is 14.8 Å². The molecule has 0 N–H and O–H groups in total. The number of methoxy groups -OCH3 is 2. The molecule has 1 aliphatic rings. The van der Waals surface area contributed by atoms with Gasteiger partial charge in [0, 0.05) is 6.07 Å². The van der Waals surface area contributed by atoms with Crippen LogP contribution >= 0.6 is 11.8 Å². The number of benzene rings is 3. The molecule has 0 saturated heterocycles. The number of para-hydroxylation sites is 2. The summed E-state index contributed by atoms with van der Waals surface area (Å²) in [6.07, 6.45) is 3.34. The Hall–Kier alpha value is -4.50. The molecule has 39 heavy (non-hydrogen) atoms. The summed E-state index contributed by atoms with van der Waals surface area (Å²) in [5, 5.41) is 9.40. The number of aryl methyl sites for hydroxylation is 2. The van der Waals surface area contributed by atoms with Gasteiger partial charge in [0.1, 0.15) is 11.5 Å². The van der Waals surface area contributed by atoms with Crippen LogP contribution in [0.25, 0.3) is 17.3 Å². The molecule has 0 unspecified atom stereocenters. The molecule has 0 fully saturated rings. The molecule has 3 heterocycles. The molecular weight excluding hydrogens is 512 g/mol. The van der Waals surface area contributed by atoms with Gasteiger partial charge in [-0.3, -0.25) is 14.3 Å². The van der Waals surface area contributed by atoms with Crippen molar-refractivity contribution in [2.24, 2.45) is 0 Å². The van der Waals surface area contributed by atoms with Crippen molar-refractivity contribution >= 4 is 29.0 Å². The van der Waals surface area contributed by atoms with Crippen LogP contribution in [0, 0.1) is 0 Å². The standard InChI is InChI=1S/C30H26N4O4S/c1-36-22-15-16-26(37-2)25(18-22)34-29(27-12-7-17-38-27)31-32-30(34)39-19-28(35)33-23-10-5-3-8-20(23)13-14-21-9-4-6-11-24(21)33/h3-12,15-18H,13-14,19H2,1-2H3. The molecular formula is C30H26N4O4S. The lowest BCUT2D eigenvalue weighted by molar-refractivity contribution is -0.115. The molecule has 3 aromatic carbocycles. The third kappa shape index (κ3) is 4.66. The van der Waals surface area contributed by atoms with Gasteiger partial charge < -0.3 is 13.9 Å². The minimum Gasteiger partial charge on any atom is -0.497 e. The highest BCUT2D eigenvalue weighted by Gasteiger charge is 2.27. The number of fused-ring (bicyclic) bond motifs is 2. The number of hydrogen-bond donors (Lipinski definition) is 0. The van der Waals surface area contributed by atoms with E-state index in [1.165, 1.54) is 11.8 Å². The van der Waals surface area contributed by atoms with Crippen LogP contribution in [-0.2, 0) is 17.6 Å². The van der Waals surface area contributed by atoms with Gasteiger partial charge in [0.25, 0.3) is 0 Å². The van der Waals surface area contributed by atoms with E-state index < -0.39 is 0 Å². The van der Waals surface area contributed by atoms with Gasteiger partial charge in [0.2, 0.25) is 11.7 Å². The predicted molar refractivity (Wildman–Crippen MR) is 150 cm³/mol. The molecule has 0 saturated carbocycles. The fraction of sp³-hybridized carbons (Fsp3) is 0.167. The lowest BCUT2D eigenvalue weighted by Gasteiger charge is -2.25. The molecule has 2 aromatic heterocycles. The van der Waals surface area contributed by atoms with Crippen molar-refractivity contribution in [3.05, 3.63) is 96.3 Å². The predicted octanol–water partition coefficient (Wildman–Crippen LogP) is 6.10. The first-order valence-corrected chi connectivity index (χ1v) is 13.5. The van der Waals surface area contributed by atoms with Crippen molar-refractivity contribution in [3.63, 3.8) is 0 Å².